The zero-order valence-electron chi connectivity index (χ0n) is 10.8. The molecule has 2 N–H and O–H groups in total. The van der Waals surface area contributed by atoms with Crippen LogP contribution in [0.2, 0.25) is 0 Å². The minimum atomic E-state index is -0.917. The van der Waals surface area contributed by atoms with Gasteiger partial charge in [0.05, 0.1) is 18.9 Å². The maximum atomic E-state index is 12.2. The largest absolute Gasteiger partial charge is 0.493 e. The summed E-state index contributed by atoms with van der Waals surface area (Å²) in [6.07, 6.45) is 0.541. The number of ether oxygens (including phenoxy) is 1. The van der Waals surface area contributed by atoms with Crippen LogP contribution in [-0.2, 0) is 9.59 Å². The molecule has 0 bridgehead atoms. The van der Waals surface area contributed by atoms with Crippen molar-refractivity contribution >= 4 is 11.9 Å². The Balaban J connectivity index is 2.06. The summed E-state index contributed by atoms with van der Waals surface area (Å²) in [5.41, 5.74) is 0.869. The van der Waals surface area contributed by atoms with E-state index in [1.165, 1.54) is 0 Å². The summed E-state index contributed by atoms with van der Waals surface area (Å²) in [7, 11) is 0. The number of para-hydroxylation sites is 1. The molecule has 0 fully saturated rings. The van der Waals surface area contributed by atoms with Crippen molar-refractivity contribution in [3.05, 3.63) is 29.8 Å². The van der Waals surface area contributed by atoms with Crippen LogP contribution in [0.5, 0.6) is 5.75 Å². The minimum absolute atomic E-state index is 0.0728. The van der Waals surface area contributed by atoms with Crippen LogP contribution in [-0.4, -0.2) is 29.6 Å². The van der Waals surface area contributed by atoms with E-state index in [9.17, 15) is 9.59 Å². The number of carbonyl (C=O) groups excluding carboxylic acids is 1. The van der Waals surface area contributed by atoms with E-state index < -0.39 is 5.97 Å². The van der Waals surface area contributed by atoms with E-state index in [4.69, 9.17) is 9.84 Å². The van der Waals surface area contributed by atoms with Gasteiger partial charge in [-0.05, 0) is 19.4 Å². The second-order valence-corrected chi connectivity index (χ2v) is 4.74. The first-order valence-corrected chi connectivity index (χ1v) is 6.32. The van der Waals surface area contributed by atoms with Crippen LogP contribution in [0.15, 0.2) is 24.3 Å². The molecule has 1 aromatic carbocycles. The van der Waals surface area contributed by atoms with Crippen LogP contribution in [0.4, 0.5) is 0 Å². The lowest BCUT2D eigenvalue weighted by molar-refractivity contribution is -0.137. The summed E-state index contributed by atoms with van der Waals surface area (Å²) in [4.78, 5) is 22.8. The summed E-state index contributed by atoms with van der Waals surface area (Å²) >= 11 is 0. The molecule has 0 spiro atoms. The van der Waals surface area contributed by atoms with E-state index in [1.807, 2.05) is 24.3 Å². The van der Waals surface area contributed by atoms with Crippen molar-refractivity contribution in [3.63, 3.8) is 0 Å². The molecule has 1 aromatic rings. The number of hydrogen-bond donors (Lipinski definition) is 2. The Morgan fingerprint density at radius 3 is 2.95 bits per heavy atom. The summed E-state index contributed by atoms with van der Waals surface area (Å²) in [5.74, 6) is -0.578. The smallest absolute Gasteiger partial charge is 0.305 e. The molecule has 0 radical (unpaired) electrons. The molecular formula is C14H17NO4. The van der Waals surface area contributed by atoms with E-state index >= 15 is 0 Å². The number of benzene rings is 1. The highest BCUT2D eigenvalue weighted by Gasteiger charge is 2.28. The topological polar surface area (TPSA) is 75.6 Å². The molecule has 0 saturated heterocycles. The molecule has 0 aliphatic carbocycles. The molecule has 19 heavy (non-hydrogen) atoms. The fourth-order valence-electron chi connectivity index (χ4n) is 2.27. The van der Waals surface area contributed by atoms with Gasteiger partial charge >= 0.3 is 5.97 Å². The lowest BCUT2D eigenvalue weighted by atomic mass is 9.92. The van der Waals surface area contributed by atoms with E-state index in [-0.39, 0.29) is 24.3 Å². The van der Waals surface area contributed by atoms with Gasteiger partial charge in [0.1, 0.15) is 5.75 Å². The van der Waals surface area contributed by atoms with E-state index in [2.05, 4.69) is 5.32 Å². The summed E-state index contributed by atoms with van der Waals surface area (Å²) in [6.45, 7) is 2.19. The summed E-state index contributed by atoms with van der Waals surface area (Å²) < 4.78 is 5.50. The van der Waals surface area contributed by atoms with Gasteiger partial charge in [-0.15, -0.1) is 0 Å². The van der Waals surface area contributed by atoms with Crippen molar-refractivity contribution in [2.24, 2.45) is 0 Å². The molecule has 2 unspecified atom stereocenters. The van der Waals surface area contributed by atoms with Gasteiger partial charge in [-0.3, -0.25) is 9.59 Å². The quantitative estimate of drug-likeness (QED) is 0.863. The SMILES string of the molecule is CC(CC(=O)O)NC(=O)C1CCOc2ccccc21. The number of carboxylic acid groups (broad SMARTS) is 1. The van der Waals surface area contributed by atoms with Crippen LogP contribution in [0, 0.1) is 0 Å². The number of fused-ring (bicyclic) bond motifs is 1. The predicted molar refractivity (Wildman–Crippen MR) is 69.2 cm³/mol. The van der Waals surface area contributed by atoms with Gasteiger partial charge in [-0.2, -0.15) is 0 Å². The van der Waals surface area contributed by atoms with Gasteiger partial charge in [0.2, 0.25) is 5.91 Å². The van der Waals surface area contributed by atoms with Crippen molar-refractivity contribution in [1.82, 2.24) is 5.32 Å². The highest BCUT2D eigenvalue weighted by molar-refractivity contribution is 5.85. The molecule has 0 aromatic heterocycles. The standard InChI is InChI=1S/C14H17NO4/c1-9(8-13(16)17)15-14(18)11-6-7-19-12-5-3-2-4-10(11)12/h2-5,9,11H,6-8H2,1H3,(H,15,18)(H,16,17). The average molecular weight is 263 g/mol. The third kappa shape index (κ3) is 3.24. The number of hydrogen-bond acceptors (Lipinski definition) is 3. The fourth-order valence-corrected chi connectivity index (χ4v) is 2.27. The number of amides is 1. The molecule has 102 valence electrons. The molecule has 5 nitrogen and oxygen atoms in total. The minimum Gasteiger partial charge on any atom is -0.493 e. The zero-order chi connectivity index (χ0) is 13.8. The van der Waals surface area contributed by atoms with Crippen molar-refractivity contribution in [2.45, 2.75) is 31.7 Å². The normalized spacial score (nSPS) is 18.9. The zero-order valence-corrected chi connectivity index (χ0v) is 10.8. The Labute approximate surface area is 111 Å². The van der Waals surface area contributed by atoms with E-state index in [0.29, 0.717) is 13.0 Å². The van der Waals surface area contributed by atoms with Crippen LogP contribution in [0.1, 0.15) is 31.2 Å². The Bertz CT molecular complexity index is 486. The van der Waals surface area contributed by atoms with Gasteiger partial charge in [-0.25, -0.2) is 0 Å². The van der Waals surface area contributed by atoms with Crippen LogP contribution >= 0.6 is 0 Å². The number of carbonyl (C=O) groups is 2. The Morgan fingerprint density at radius 1 is 1.47 bits per heavy atom. The fraction of sp³-hybridized carbons (Fsp3) is 0.429. The molecule has 1 aliphatic rings. The molecule has 1 aliphatic heterocycles. The van der Waals surface area contributed by atoms with E-state index in [0.717, 1.165) is 11.3 Å². The highest BCUT2D eigenvalue weighted by atomic mass is 16.5. The number of nitrogens with one attached hydrogen (secondary N) is 1. The molecule has 2 atom stereocenters. The van der Waals surface area contributed by atoms with Crippen molar-refractivity contribution in [1.29, 1.82) is 0 Å². The van der Waals surface area contributed by atoms with Gasteiger partial charge in [0.15, 0.2) is 0 Å². The second kappa shape index (κ2) is 5.73. The molecule has 5 heteroatoms. The van der Waals surface area contributed by atoms with Gasteiger partial charge in [0, 0.05) is 11.6 Å². The summed E-state index contributed by atoms with van der Waals surface area (Å²) in [6, 6.07) is 7.08. The van der Waals surface area contributed by atoms with Crippen molar-refractivity contribution < 1.29 is 19.4 Å². The Morgan fingerprint density at radius 2 is 2.21 bits per heavy atom. The van der Waals surface area contributed by atoms with Crippen LogP contribution in [0.3, 0.4) is 0 Å². The molecule has 1 heterocycles. The summed E-state index contributed by atoms with van der Waals surface area (Å²) in [5, 5.41) is 11.4. The Hall–Kier alpha value is -2.04. The number of rotatable bonds is 4. The maximum absolute atomic E-state index is 12.2. The first-order chi connectivity index (χ1) is 9.08. The number of aliphatic carboxylic acids is 1. The molecular weight excluding hydrogens is 246 g/mol. The van der Waals surface area contributed by atoms with Crippen LogP contribution < -0.4 is 10.1 Å². The monoisotopic (exact) mass is 263 g/mol. The third-order valence-corrected chi connectivity index (χ3v) is 3.14. The molecule has 0 saturated carbocycles. The number of carboxylic acids is 1. The Kier molecular flexibility index (Phi) is 4.04. The molecule has 1 amide bonds. The first-order valence-electron chi connectivity index (χ1n) is 6.32. The third-order valence-electron chi connectivity index (χ3n) is 3.14. The average Bonchev–Trinajstić information content (AvgIpc) is 2.36. The maximum Gasteiger partial charge on any atom is 0.305 e. The first kappa shape index (κ1) is 13.4. The van der Waals surface area contributed by atoms with Crippen LogP contribution in [0.25, 0.3) is 0 Å². The lowest BCUT2D eigenvalue weighted by Crippen LogP contribution is -2.39. The second-order valence-electron chi connectivity index (χ2n) is 4.74. The van der Waals surface area contributed by atoms with E-state index in [1.54, 1.807) is 6.92 Å². The van der Waals surface area contributed by atoms with Gasteiger partial charge in [0.25, 0.3) is 0 Å². The van der Waals surface area contributed by atoms with Crippen molar-refractivity contribution in [2.75, 3.05) is 6.61 Å². The van der Waals surface area contributed by atoms with Gasteiger partial charge < -0.3 is 15.2 Å². The highest BCUT2D eigenvalue weighted by Crippen LogP contribution is 2.33. The lowest BCUT2D eigenvalue weighted by Gasteiger charge is -2.26. The van der Waals surface area contributed by atoms with Gasteiger partial charge in [-0.1, -0.05) is 18.2 Å². The molecule has 2 rings (SSSR count). The van der Waals surface area contributed by atoms with Crippen molar-refractivity contribution in [3.8, 4) is 5.75 Å². The predicted octanol–water partition coefficient (Wildman–Crippen LogP) is 1.53.